The Morgan fingerprint density at radius 3 is 3.08 bits per heavy atom. The van der Waals surface area contributed by atoms with E-state index >= 15 is 0 Å². The van der Waals surface area contributed by atoms with Gasteiger partial charge in [0.15, 0.2) is 0 Å². The maximum Gasteiger partial charge on any atom is 0.232 e. The van der Waals surface area contributed by atoms with Crippen molar-refractivity contribution in [3.8, 4) is 17.1 Å². The fourth-order valence-electron chi connectivity index (χ4n) is 3.09. The molecular weight excluding hydrogens is 308 g/mol. The van der Waals surface area contributed by atoms with E-state index in [0.717, 1.165) is 16.5 Å². The number of hydrogen-bond donors (Lipinski definition) is 1. The second kappa shape index (κ2) is 5.59. The third kappa shape index (κ3) is 2.38. The summed E-state index contributed by atoms with van der Waals surface area (Å²) in [5.41, 5.74) is 1.48. The van der Waals surface area contributed by atoms with E-state index in [-0.39, 0.29) is 17.6 Å². The predicted molar refractivity (Wildman–Crippen MR) is 86.3 cm³/mol. The number of hydrogen-bond acceptors (Lipinski definition) is 6. The molecule has 1 N–H and O–H groups in total. The zero-order valence-corrected chi connectivity index (χ0v) is 13.1. The zero-order valence-electron chi connectivity index (χ0n) is 13.1. The molecule has 1 saturated heterocycles. The van der Waals surface area contributed by atoms with Crippen LogP contribution in [-0.4, -0.2) is 44.1 Å². The van der Waals surface area contributed by atoms with Crippen molar-refractivity contribution in [3.63, 3.8) is 0 Å². The van der Waals surface area contributed by atoms with Gasteiger partial charge in [0, 0.05) is 30.5 Å². The normalized spacial score (nSPS) is 17.8. The van der Waals surface area contributed by atoms with Crippen LogP contribution in [0.25, 0.3) is 22.3 Å². The average Bonchev–Trinajstić information content (AvgIpc) is 3.20. The molecule has 3 heterocycles. The summed E-state index contributed by atoms with van der Waals surface area (Å²) < 4.78 is 5.40. The number of nitrogens with zero attached hydrogens (tertiary/aromatic N) is 4. The molecule has 3 aromatic rings. The van der Waals surface area contributed by atoms with E-state index in [1.165, 1.54) is 6.20 Å². The summed E-state index contributed by atoms with van der Waals surface area (Å²) in [4.78, 5) is 22.3. The number of fused-ring (bicyclic) bond motifs is 1. The Morgan fingerprint density at radius 1 is 1.42 bits per heavy atom. The average molecular weight is 324 g/mol. The quantitative estimate of drug-likeness (QED) is 0.795. The Balaban J connectivity index is 1.71. The molecule has 0 saturated carbocycles. The number of aromatic nitrogens is 3. The van der Waals surface area contributed by atoms with Crippen LogP contribution in [-0.2, 0) is 4.79 Å². The highest BCUT2D eigenvalue weighted by atomic mass is 16.5. The van der Waals surface area contributed by atoms with Gasteiger partial charge in [-0.3, -0.25) is 9.78 Å². The third-order valence-corrected chi connectivity index (χ3v) is 4.34. The molecule has 1 unspecified atom stereocenters. The van der Waals surface area contributed by atoms with Crippen molar-refractivity contribution in [2.45, 2.75) is 19.3 Å². The van der Waals surface area contributed by atoms with Crippen molar-refractivity contribution in [2.75, 3.05) is 13.1 Å². The van der Waals surface area contributed by atoms with E-state index in [9.17, 15) is 9.90 Å². The minimum absolute atomic E-state index is 0.0693. The van der Waals surface area contributed by atoms with E-state index in [1.54, 1.807) is 11.0 Å². The topological polar surface area (TPSA) is 92.3 Å². The fourth-order valence-corrected chi connectivity index (χ4v) is 3.09. The lowest BCUT2D eigenvalue weighted by molar-refractivity contribution is -0.127. The maximum atomic E-state index is 11.9. The molecule has 1 amide bonds. The van der Waals surface area contributed by atoms with E-state index in [4.69, 9.17) is 4.52 Å². The number of aromatic hydroxyl groups is 1. The van der Waals surface area contributed by atoms with Crippen LogP contribution in [0.3, 0.4) is 0 Å². The van der Waals surface area contributed by atoms with Gasteiger partial charge in [-0.25, -0.2) is 0 Å². The van der Waals surface area contributed by atoms with Crippen molar-refractivity contribution in [2.24, 2.45) is 0 Å². The van der Waals surface area contributed by atoms with Crippen LogP contribution in [0.15, 0.2) is 35.0 Å². The first-order valence-electron chi connectivity index (χ1n) is 7.85. The van der Waals surface area contributed by atoms with Crippen LogP contribution < -0.4 is 0 Å². The molecule has 1 aromatic carbocycles. The molecular formula is C17H16N4O3. The molecule has 0 radical (unpaired) electrons. The number of carbonyl (C=O) groups is 1. The lowest BCUT2D eigenvalue weighted by atomic mass is 10.1. The third-order valence-electron chi connectivity index (χ3n) is 4.34. The van der Waals surface area contributed by atoms with Crippen LogP contribution in [0.4, 0.5) is 0 Å². The summed E-state index contributed by atoms with van der Waals surface area (Å²) in [6, 6.07) is 7.20. The minimum Gasteiger partial charge on any atom is -0.506 e. The van der Waals surface area contributed by atoms with Crippen LogP contribution in [0.5, 0.6) is 5.75 Å². The number of carbonyl (C=O) groups excluding carboxylic acids is 1. The molecule has 7 heteroatoms. The Labute approximate surface area is 137 Å². The van der Waals surface area contributed by atoms with Crippen LogP contribution in [0, 0.1) is 0 Å². The molecule has 0 aliphatic carbocycles. The predicted octanol–water partition coefficient (Wildman–Crippen LogP) is 2.33. The van der Waals surface area contributed by atoms with Gasteiger partial charge in [0.1, 0.15) is 5.75 Å². The number of pyridine rings is 1. The van der Waals surface area contributed by atoms with Gasteiger partial charge in [-0.2, -0.15) is 4.98 Å². The number of amides is 1. The summed E-state index contributed by atoms with van der Waals surface area (Å²) in [6.07, 6.45) is 1.80. The number of rotatable bonds is 3. The summed E-state index contributed by atoms with van der Waals surface area (Å²) in [5, 5.41) is 14.5. The van der Waals surface area contributed by atoms with Gasteiger partial charge >= 0.3 is 0 Å². The van der Waals surface area contributed by atoms with Gasteiger partial charge in [-0.05, 0) is 19.1 Å². The van der Waals surface area contributed by atoms with E-state index < -0.39 is 0 Å². The lowest BCUT2D eigenvalue weighted by Gasteiger charge is -2.11. The van der Waals surface area contributed by atoms with Crippen molar-refractivity contribution in [1.82, 2.24) is 20.0 Å². The molecule has 1 aliphatic rings. The maximum absolute atomic E-state index is 11.9. The molecule has 1 fully saturated rings. The second-order valence-electron chi connectivity index (χ2n) is 5.86. The van der Waals surface area contributed by atoms with Crippen LogP contribution >= 0.6 is 0 Å². The molecule has 0 spiro atoms. The number of likely N-dealkylation sites (N-methyl/N-ethyl adjacent to an activating group) is 1. The number of benzene rings is 1. The van der Waals surface area contributed by atoms with Crippen LogP contribution in [0.1, 0.15) is 25.2 Å². The van der Waals surface area contributed by atoms with Gasteiger partial charge in [-0.15, -0.1) is 0 Å². The molecule has 4 rings (SSSR count). The molecule has 1 atom stereocenters. The Hall–Kier alpha value is -2.96. The second-order valence-corrected chi connectivity index (χ2v) is 5.86. The molecule has 1 aliphatic heterocycles. The summed E-state index contributed by atoms with van der Waals surface area (Å²) in [7, 11) is 0. The first-order valence-corrected chi connectivity index (χ1v) is 7.85. The first kappa shape index (κ1) is 14.6. The van der Waals surface area contributed by atoms with Gasteiger partial charge in [0.25, 0.3) is 0 Å². The van der Waals surface area contributed by atoms with E-state index in [1.807, 2.05) is 25.1 Å². The van der Waals surface area contributed by atoms with Crippen molar-refractivity contribution in [3.05, 3.63) is 36.4 Å². The van der Waals surface area contributed by atoms with Crippen molar-refractivity contribution in [1.29, 1.82) is 0 Å². The van der Waals surface area contributed by atoms with E-state index in [2.05, 4.69) is 15.1 Å². The van der Waals surface area contributed by atoms with Gasteiger partial charge < -0.3 is 14.5 Å². The molecule has 7 nitrogen and oxygen atoms in total. The molecule has 2 aromatic heterocycles. The van der Waals surface area contributed by atoms with E-state index in [0.29, 0.717) is 31.2 Å². The molecule has 24 heavy (non-hydrogen) atoms. The minimum atomic E-state index is -0.0693. The Bertz CT molecular complexity index is 921. The largest absolute Gasteiger partial charge is 0.506 e. The Kier molecular flexibility index (Phi) is 3.41. The first-order chi connectivity index (χ1) is 11.7. The van der Waals surface area contributed by atoms with Crippen LogP contribution in [0.2, 0.25) is 0 Å². The fraction of sp³-hybridized carbons (Fsp3) is 0.294. The number of likely N-dealkylation sites (tertiary alicyclic amines) is 1. The Morgan fingerprint density at radius 2 is 2.29 bits per heavy atom. The highest BCUT2D eigenvalue weighted by Crippen LogP contribution is 2.31. The highest BCUT2D eigenvalue weighted by molar-refractivity contribution is 5.93. The monoisotopic (exact) mass is 324 g/mol. The summed E-state index contributed by atoms with van der Waals surface area (Å²) in [6.45, 7) is 3.24. The van der Waals surface area contributed by atoms with Gasteiger partial charge in [0.2, 0.25) is 17.6 Å². The zero-order chi connectivity index (χ0) is 16.7. The van der Waals surface area contributed by atoms with Crippen molar-refractivity contribution >= 4 is 16.8 Å². The summed E-state index contributed by atoms with van der Waals surface area (Å²) >= 11 is 0. The van der Waals surface area contributed by atoms with Gasteiger partial charge in [-0.1, -0.05) is 17.3 Å². The highest BCUT2D eigenvalue weighted by Gasteiger charge is 2.33. The van der Waals surface area contributed by atoms with Crippen molar-refractivity contribution < 1.29 is 14.4 Å². The van der Waals surface area contributed by atoms with Gasteiger partial charge in [0.05, 0.1) is 17.6 Å². The lowest BCUT2D eigenvalue weighted by Crippen LogP contribution is -2.24. The standard InChI is InChI=1S/C17H16N4O3/c1-2-21-9-10(6-15(21)23)17-19-16(20-24-17)12-4-3-5-14-13(12)7-11(22)8-18-14/h3-5,7-8,10,22H,2,6,9H2,1H3. The summed E-state index contributed by atoms with van der Waals surface area (Å²) in [5.74, 6) is 1.03. The smallest absolute Gasteiger partial charge is 0.232 e. The molecule has 0 bridgehead atoms. The SMILES string of the molecule is CCN1CC(c2nc(-c3cccc4ncc(O)cc34)no2)CC1=O. The molecule has 122 valence electrons.